The SMILES string of the molecule is Cc1ccc(C2=CC3c4cc(Br)ccc4OC(c4ccc([N+](=O)[O-])cc4)N3N2)o1. The van der Waals surface area contributed by atoms with E-state index < -0.39 is 11.2 Å². The summed E-state index contributed by atoms with van der Waals surface area (Å²) in [7, 11) is 0. The van der Waals surface area contributed by atoms with Crippen molar-refractivity contribution in [2.75, 3.05) is 0 Å². The van der Waals surface area contributed by atoms with E-state index in [1.807, 2.05) is 42.3 Å². The van der Waals surface area contributed by atoms with Gasteiger partial charge in [-0.3, -0.25) is 10.1 Å². The summed E-state index contributed by atoms with van der Waals surface area (Å²) in [5, 5.41) is 13.0. The maximum atomic E-state index is 11.0. The van der Waals surface area contributed by atoms with Crippen LogP contribution in [0, 0.1) is 17.0 Å². The number of fused-ring (bicyclic) bond motifs is 3. The summed E-state index contributed by atoms with van der Waals surface area (Å²) in [6, 6.07) is 16.1. The van der Waals surface area contributed by atoms with Gasteiger partial charge in [0, 0.05) is 27.7 Å². The zero-order chi connectivity index (χ0) is 20.1. The number of halogens is 1. The van der Waals surface area contributed by atoms with Crippen LogP contribution in [0.2, 0.25) is 0 Å². The van der Waals surface area contributed by atoms with Crippen molar-refractivity contribution in [1.82, 2.24) is 10.4 Å². The third-order valence-electron chi connectivity index (χ3n) is 5.05. The minimum atomic E-state index is -0.459. The van der Waals surface area contributed by atoms with Gasteiger partial charge in [0.15, 0.2) is 12.0 Å². The molecule has 146 valence electrons. The number of non-ortho nitro benzene ring substituents is 1. The standard InChI is InChI=1S/C21H16BrN3O4/c1-12-2-8-20(28-12)17-11-18-16-10-14(22)5-9-19(16)29-21(24(18)23-17)13-3-6-15(7-4-13)25(26)27/h2-11,18,21,23H,1H3. The molecule has 0 saturated heterocycles. The maximum absolute atomic E-state index is 11.0. The van der Waals surface area contributed by atoms with Crippen LogP contribution in [0.5, 0.6) is 5.75 Å². The highest BCUT2D eigenvalue weighted by molar-refractivity contribution is 9.10. The zero-order valence-electron chi connectivity index (χ0n) is 15.3. The van der Waals surface area contributed by atoms with Crippen LogP contribution in [0.4, 0.5) is 5.69 Å². The van der Waals surface area contributed by atoms with Crippen LogP contribution in [0.1, 0.15) is 34.9 Å². The number of furan rings is 1. The van der Waals surface area contributed by atoms with Crippen LogP contribution in [0.15, 0.2) is 69.6 Å². The van der Waals surface area contributed by atoms with Crippen molar-refractivity contribution in [2.45, 2.75) is 19.2 Å². The first-order chi connectivity index (χ1) is 14.0. The van der Waals surface area contributed by atoms with E-state index in [0.29, 0.717) is 0 Å². The van der Waals surface area contributed by atoms with Gasteiger partial charge >= 0.3 is 0 Å². The number of nitrogens with one attached hydrogen (secondary N) is 1. The molecule has 7 nitrogen and oxygen atoms in total. The molecule has 0 amide bonds. The summed E-state index contributed by atoms with van der Waals surface area (Å²) in [5.41, 5.74) is 6.12. The molecule has 0 aliphatic carbocycles. The van der Waals surface area contributed by atoms with Gasteiger partial charge in [-0.05, 0) is 55.5 Å². The average molecular weight is 454 g/mol. The predicted octanol–water partition coefficient (Wildman–Crippen LogP) is 5.25. The van der Waals surface area contributed by atoms with E-state index >= 15 is 0 Å². The topological polar surface area (TPSA) is 80.8 Å². The normalized spacial score (nSPS) is 20.3. The van der Waals surface area contributed by atoms with Gasteiger partial charge in [-0.2, -0.15) is 5.01 Å². The smallest absolute Gasteiger partial charge is 0.269 e. The zero-order valence-corrected chi connectivity index (χ0v) is 16.9. The molecule has 8 heteroatoms. The van der Waals surface area contributed by atoms with Gasteiger partial charge in [0.2, 0.25) is 0 Å². The fourth-order valence-electron chi connectivity index (χ4n) is 3.67. The molecule has 0 fully saturated rings. The Hall–Kier alpha value is -3.10. The highest BCUT2D eigenvalue weighted by Gasteiger charge is 2.40. The van der Waals surface area contributed by atoms with Crippen LogP contribution in [-0.2, 0) is 0 Å². The molecule has 0 spiro atoms. The van der Waals surface area contributed by atoms with E-state index in [1.165, 1.54) is 12.1 Å². The monoisotopic (exact) mass is 453 g/mol. The van der Waals surface area contributed by atoms with E-state index in [2.05, 4.69) is 27.4 Å². The molecule has 3 heterocycles. The fourth-order valence-corrected chi connectivity index (χ4v) is 4.05. The van der Waals surface area contributed by atoms with Crippen molar-refractivity contribution in [3.63, 3.8) is 0 Å². The molecule has 2 unspecified atom stereocenters. The van der Waals surface area contributed by atoms with Crippen molar-refractivity contribution >= 4 is 27.3 Å². The third kappa shape index (κ3) is 3.10. The number of nitrogens with zero attached hydrogens (tertiary/aromatic N) is 2. The highest BCUT2D eigenvalue weighted by Crippen LogP contribution is 2.46. The van der Waals surface area contributed by atoms with Crippen LogP contribution < -0.4 is 10.2 Å². The van der Waals surface area contributed by atoms with Gasteiger partial charge in [-0.15, -0.1) is 0 Å². The Kier molecular flexibility index (Phi) is 4.18. The molecular formula is C21H16BrN3O4. The molecule has 2 atom stereocenters. The Morgan fingerprint density at radius 3 is 2.62 bits per heavy atom. The molecule has 0 saturated carbocycles. The number of hydrazine groups is 1. The summed E-state index contributed by atoms with van der Waals surface area (Å²) in [6.45, 7) is 1.90. The molecule has 2 aliphatic rings. The lowest BCUT2D eigenvalue weighted by Crippen LogP contribution is -2.43. The van der Waals surface area contributed by atoms with E-state index in [4.69, 9.17) is 9.15 Å². The molecule has 2 aromatic carbocycles. The number of nitro groups is 1. The molecule has 5 rings (SSSR count). The Bertz CT molecular complexity index is 1140. The minimum absolute atomic E-state index is 0.0460. The second-order valence-corrected chi connectivity index (χ2v) is 7.87. The van der Waals surface area contributed by atoms with Crippen LogP contribution in [0.3, 0.4) is 0 Å². The number of aryl methyl sites for hydroxylation is 1. The van der Waals surface area contributed by atoms with Crippen molar-refractivity contribution in [3.05, 3.63) is 97.9 Å². The molecule has 0 radical (unpaired) electrons. The van der Waals surface area contributed by atoms with Gasteiger partial charge in [-0.1, -0.05) is 15.9 Å². The van der Waals surface area contributed by atoms with Gasteiger partial charge in [0.1, 0.15) is 11.5 Å². The minimum Gasteiger partial charge on any atom is -0.469 e. The number of ether oxygens (including phenoxy) is 1. The summed E-state index contributed by atoms with van der Waals surface area (Å²) in [4.78, 5) is 10.6. The molecule has 3 aromatic rings. The lowest BCUT2D eigenvalue weighted by Gasteiger charge is -2.38. The van der Waals surface area contributed by atoms with Crippen LogP contribution in [-0.4, -0.2) is 9.93 Å². The van der Waals surface area contributed by atoms with Crippen molar-refractivity contribution < 1.29 is 14.1 Å². The third-order valence-corrected chi connectivity index (χ3v) is 5.54. The van der Waals surface area contributed by atoms with Crippen molar-refractivity contribution in [3.8, 4) is 5.75 Å². The summed E-state index contributed by atoms with van der Waals surface area (Å²) < 4.78 is 13.0. The average Bonchev–Trinajstić information content (AvgIpc) is 3.34. The number of rotatable bonds is 3. The molecular weight excluding hydrogens is 438 g/mol. The second-order valence-electron chi connectivity index (χ2n) is 6.96. The Morgan fingerprint density at radius 2 is 1.93 bits per heavy atom. The van der Waals surface area contributed by atoms with Gasteiger partial charge in [0.05, 0.1) is 16.7 Å². The van der Waals surface area contributed by atoms with E-state index in [1.54, 1.807) is 12.1 Å². The number of benzene rings is 2. The largest absolute Gasteiger partial charge is 0.469 e. The van der Waals surface area contributed by atoms with Crippen molar-refractivity contribution in [2.24, 2.45) is 0 Å². The van der Waals surface area contributed by atoms with E-state index in [0.717, 1.165) is 38.6 Å². The molecule has 0 bridgehead atoms. The fraction of sp³-hybridized carbons (Fsp3) is 0.143. The van der Waals surface area contributed by atoms with Gasteiger partial charge in [-0.25, -0.2) is 0 Å². The molecule has 29 heavy (non-hydrogen) atoms. The Labute approximate surface area is 174 Å². The Balaban J connectivity index is 1.57. The second kappa shape index (κ2) is 6.75. The van der Waals surface area contributed by atoms with E-state index in [9.17, 15) is 10.1 Å². The number of hydrogen-bond donors (Lipinski definition) is 1. The van der Waals surface area contributed by atoms with Crippen molar-refractivity contribution in [1.29, 1.82) is 0 Å². The first kappa shape index (κ1) is 18.0. The summed E-state index contributed by atoms with van der Waals surface area (Å²) in [5.74, 6) is 2.35. The van der Waals surface area contributed by atoms with Crippen LogP contribution >= 0.6 is 15.9 Å². The van der Waals surface area contributed by atoms with Gasteiger partial charge < -0.3 is 14.6 Å². The lowest BCUT2D eigenvalue weighted by atomic mass is 10.0. The molecule has 1 aromatic heterocycles. The predicted molar refractivity (Wildman–Crippen MR) is 110 cm³/mol. The highest BCUT2D eigenvalue weighted by atomic mass is 79.9. The first-order valence-electron chi connectivity index (χ1n) is 9.04. The number of hydrogen-bond acceptors (Lipinski definition) is 6. The lowest BCUT2D eigenvalue weighted by molar-refractivity contribution is -0.384. The summed E-state index contributed by atoms with van der Waals surface area (Å²) in [6.07, 6.45) is 1.64. The number of nitro benzene ring substituents is 1. The summed E-state index contributed by atoms with van der Waals surface area (Å²) >= 11 is 3.53. The first-order valence-corrected chi connectivity index (χ1v) is 9.83. The van der Waals surface area contributed by atoms with E-state index in [-0.39, 0.29) is 11.7 Å². The Morgan fingerprint density at radius 1 is 1.14 bits per heavy atom. The molecule has 2 aliphatic heterocycles. The maximum Gasteiger partial charge on any atom is 0.269 e. The quantitative estimate of drug-likeness (QED) is 0.430. The van der Waals surface area contributed by atoms with Gasteiger partial charge in [0.25, 0.3) is 5.69 Å². The van der Waals surface area contributed by atoms with Crippen LogP contribution in [0.25, 0.3) is 5.70 Å². The molecule has 1 N–H and O–H groups in total.